The normalized spacial score (nSPS) is 12.5. The molecule has 0 heterocycles. The zero-order valence-electron chi connectivity index (χ0n) is 13.8. The van der Waals surface area contributed by atoms with Crippen molar-refractivity contribution in [1.29, 1.82) is 0 Å². The Kier molecular flexibility index (Phi) is 11.7. The molecule has 0 amide bonds. The van der Waals surface area contributed by atoms with Crippen LogP contribution in [-0.2, 0) is 0 Å². The molecule has 126 valence electrons. The first-order chi connectivity index (χ1) is 10.1. The molecule has 0 bridgehead atoms. The molecular formula is C16H27FIN3S. The van der Waals surface area contributed by atoms with E-state index in [0.29, 0.717) is 5.56 Å². The van der Waals surface area contributed by atoms with Crippen molar-refractivity contribution < 1.29 is 4.39 Å². The number of thioether (sulfide) groups is 1. The third-order valence-electron chi connectivity index (χ3n) is 3.17. The fourth-order valence-corrected chi connectivity index (χ4v) is 2.30. The van der Waals surface area contributed by atoms with Gasteiger partial charge in [0.2, 0.25) is 0 Å². The number of nitrogens with one attached hydrogen (secondary N) is 2. The fourth-order valence-electron chi connectivity index (χ4n) is 1.89. The highest BCUT2D eigenvalue weighted by molar-refractivity contribution is 14.0. The van der Waals surface area contributed by atoms with Gasteiger partial charge in [0.05, 0.1) is 6.04 Å². The van der Waals surface area contributed by atoms with Gasteiger partial charge in [0.25, 0.3) is 0 Å². The van der Waals surface area contributed by atoms with Crippen LogP contribution in [-0.4, -0.2) is 31.1 Å². The Labute approximate surface area is 155 Å². The summed E-state index contributed by atoms with van der Waals surface area (Å²) in [4.78, 5) is 4.54. The predicted molar refractivity (Wildman–Crippen MR) is 107 cm³/mol. The highest BCUT2D eigenvalue weighted by Crippen LogP contribution is 2.16. The van der Waals surface area contributed by atoms with Crippen LogP contribution in [0.5, 0.6) is 0 Å². The number of benzene rings is 1. The fraction of sp³-hybridized carbons (Fsp3) is 0.562. The van der Waals surface area contributed by atoms with Gasteiger partial charge in [0.15, 0.2) is 5.96 Å². The maximum atomic E-state index is 13.6. The van der Waals surface area contributed by atoms with Gasteiger partial charge >= 0.3 is 0 Å². The van der Waals surface area contributed by atoms with E-state index in [2.05, 4.69) is 21.9 Å². The summed E-state index contributed by atoms with van der Waals surface area (Å²) in [7, 11) is 0. The highest BCUT2D eigenvalue weighted by atomic mass is 127. The molecule has 0 aliphatic heterocycles. The van der Waals surface area contributed by atoms with E-state index < -0.39 is 0 Å². The minimum Gasteiger partial charge on any atom is -0.357 e. The van der Waals surface area contributed by atoms with Crippen LogP contribution in [0.25, 0.3) is 0 Å². The van der Waals surface area contributed by atoms with Gasteiger partial charge in [0, 0.05) is 13.1 Å². The molecule has 22 heavy (non-hydrogen) atoms. The first-order valence-corrected chi connectivity index (χ1v) is 8.77. The molecular weight excluding hydrogens is 412 g/mol. The van der Waals surface area contributed by atoms with Gasteiger partial charge in [-0.15, -0.1) is 24.0 Å². The lowest BCUT2D eigenvalue weighted by molar-refractivity contribution is 0.607. The molecule has 0 aromatic heterocycles. The smallest absolute Gasteiger partial charge is 0.191 e. The van der Waals surface area contributed by atoms with Crippen LogP contribution in [0, 0.1) is 12.7 Å². The SMILES string of the molecule is CCNC(=NCCCSC)NC(C)c1ccc(C)c(F)c1.I. The van der Waals surface area contributed by atoms with E-state index in [1.165, 1.54) is 0 Å². The van der Waals surface area contributed by atoms with Gasteiger partial charge in [-0.1, -0.05) is 12.1 Å². The van der Waals surface area contributed by atoms with E-state index in [1.54, 1.807) is 13.0 Å². The summed E-state index contributed by atoms with van der Waals surface area (Å²) in [6.07, 6.45) is 3.16. The van der Waals surface area contributed by atoms with Crippen LogP contribution in [0.2, 0.25) is 0 Å². The van der Waals surface area contributed by atoms with Gasteiger partial charge < -0.3 is 10.6 Å². The molecule has 0 aliphatic rings. The molecule has 6 heteroatoms. The Morgan fingerprint density at radius 1 is 1.41 bits per heavy atom. The van der Waals surface area contributed by atoms with E-state index in [9.17, 15) is 4.39 Å². The van der Waals surface area contributed by atoms with E-state index in [-0.39, 0.29) is 35.8 Å². The summed E-state index contributed by atoms with van der Waals surface area (Å²) >= 11 is 1.83. The summed E-state index contributed by atoms with van der Waals surface area (Å²) in [5.74, 6) is 1.73. The lowest BCUT2D eigenvalue weighted by Gasteiger charge is -2.18. The third-order valence-corrected chi connectivity index (χ3v) is 3.87. The highest BCUT2D eigenvalue weighted by Gasteiger charge is 2.09. The van der Waals surface area contributed by atoms with Crippen molar-refractivity contribution in [3.05, 3.63) is 35.1 Å². The molecule has 2 N–H and O–H groups in total. The number of nitrogens with zero attached hydrogens (tertiary/aromatic N) is 1. The van der Waals surface area contributed by atoms with Crippen LogP contribution in [0.1, 0.15) is 37.4 Å². The molecule has 1 aromatic carbocycles. The number of halogens is 2. The predicted octanol–water partition coefficient (Wildman–Crippen LogP) is 4.12. The summed E-state index contributed by atoms with van der Waals surface area (Å²) in [6.45, 7) is 7.43. The summed E-state index contributed by atoms with van der Waals surface area (Å²) in [5, 5.41) is 6.55. The zero-order chi connectivity index (χ0) is 15.7. The second kappa shape index (κ2) is 12.0. The molecule has 0 saturated carbocycles. The van der Waals surface area contributed by atoms with Gasteiger partial charge in [-0.3, -0.25) is 4.99 Å². The summed E-state index contributed by atoms with van der Waals surface area (Å²) in [5.41, 5.74) is 1.59. The molecule has 0 fully saturated rings. The standard InChI is InChI=1S/C16H26FN3S.HI/c1-5-18-16(19-9-6-10-21-4)20-13(3)14-8-7-12(2)15(17)11-14;/h7-8,11,13H,5-6,9-10H2,1-4H3,(H2,18,19,20);1H. The first-order valence-electron chi connectivity index (χ1n) is 7.38. The Balaban J connectivity index is 0.00000441. The van der Waals surface area contributed by atoms with Crippen molar-refractivity contribution in [2.45, 2.75) is 33.2 Å². The molecule has 0 aliphatic carbocycles. The van der Waals surface area contributed by atoms with Crippen LogP contribution in [0.3, 0.4) is 0 Å². The molecule has 3 nitrogen and oxygen atoms in total. The van der Waals surface area contributed by atoms with E-state index in [4.69, 9.17) is 0 Å². The minimum atomic E-state index is -0.164. The molecule has 1 unspecified atom stereocenters. The Morgan fingerprint density at radius 2 is 2.14 bits per heavy atom. The second-order valence-corrected chi connectivity index (χ2v) is 5.97. The average Bonchev–Trinajstić information content (AvgIpc) is 2.46. The molecule has 1 aromatic rings. The quantitative estimate of drug-likeness (QED) is 0.291. The number of hydrogen-bond acceptors (Lipinski definition) is 2. The Morgan fingerprint density at radius 3 is 2.73 bits per heavy atom. The van der Waals surface area contributed by atoms with Crippen molar-refractivity contribution in [2.75, 3.05) is 25.1 Å². The van der Waals surface area contributed by atoms with Crippen molar-refractivity contribution in [2.24, 2.45) is 4.99 Å². The van der Waals surface area contributed by atoms with E-state index in [1.807, 2.05) is 37.7 Å². The van der Waals surface area contributed by atoms with Gasteiger partial charge in [0.1, 0.15) is 5.82 Å². The van der Waals surface area contributed by atoms with Gasteiger partial charge in [-0.2, -0.15) is 11.8 Å². The number of aryl methyl sites for hydroxylation is 1. The number of rotatable bonds is 7. The van der Waals surface area contributed by atoms with Crippen molar-refractivity contribution in [1.82, 2.24) is 10.6 Å². The molecule has 1 atom stereocenters. The van der Waals surface area contributed by atoms with Gasteiger partial charge in [-0.05, 0) is 56.4 Å². The van der Waals surface area contributed by atoms with Crippen molar-refractivity contribution >= 4 is 41.7 Å². The monoisotopic (exact) mass is 439 g/mol. The van der Waals surface area contributed by atoms with Crippen LogP contribution in [0.15, 0.2) is 23.2 Å². The van der Waals surface area contributed by atoms with E-state index >= 15 is 0 Å². The van der Waals surface area contributed by atoms with Crippen LogP contribution < -0.4 is 10.6 Å². The summed E-state index contributed by atoms with van der Waals surface area (Å²) in [6, 6.07) is 5.36. The lowest BCUT2D eigenvalue weighted by Crippen LogP contribution is -2.38. The number of hydrogen-bond donors (Lipinski definition) is 2. The zero-order valence-corrected chi connectivity index (χ0v) is 16.9. The third kappa shape index (κ3) is 7.67. The molecule has 1 rings (SSSR count). The van der Waals surface area contributed by atoms with Crippen molar-refractivity contribution in [3.63, 3.8) is 0 Å². The van der Waals surface area contributed by atoms with Gasteiger partial charge in [-0.25, -0.2) is 4.39 Å². The maximum absolute atomic E-state index is 13.6. The van der Waals surface area contributed by atoms with E-state index in [0.717, 1.165) is 36.8 Å². The Hall–Kier alpha value is -0.500. The minimum absolute atomic E-state index is 0. The van der Waals surface area contributed by atoms with Crippen LogP contribution >= 0.6 is 35.7 Å². The Bertz CT molecular complexity index is 469. The maximum Gasteiger partial charge on any atom is 0.191 e. The number of aliphatic imine (C=N–C) groups is 1. The molecule has 0 radical (unpaired) electrons. The number of guanidine groups is 1. The topological polar surface area (TPSA) is 36.4 Å². The molecule has 0 saturated heterocycles. The lowest BCUT2D eigenvalue weighted by atomic mass is 10.1. The first kappa shape index (κ1) is 21.5. The second-order valence-electron chi connectivity index (χ2n) is 4.98. The largest absolute Gasteiger partial charge is 0.357 e. The van der Waals surface area contributed by atoms with Crippen molar-refractivity contribution in [3.8, 4) is 0 Å². The molecule has 0 spiro atoms. The summed E-state index contributed by atoms with van der Waals surface area (Å²) < 4.78 is 13.6. The van der Waals surface area contributed by atoms with Crippen LogP contribution in [0.4, 0.5) is 4.39 Å². The average molecular weight is 439 g/mol.